The van der Waals surface area contributed by atoms with Gasteiger partial charge >= 0.3 is 12.4 Å². The van der Waals surface area contributed by atoms with E-state index in [0.717, 1.165) is 12.1 Å². The molecule has 0 aliphatic carbocycles. The maximum Gasteiger partial charge on any atom is 0.417 e. The number of nitrogen functional groups attached to an aromatic ring is 1. The molecule has 1 amide bonds. The van der Waals surface area contributed by atoms with Crippen molar-refractivity contribution >= 4 is 17.3 Å². The van der Waals surface area contributed by atoms with Gasteiger partial charge in [0.25, 0.3) is 0 Å². The predicted molar refractivity (Wildman–Crippen MR) is 99.8 cm³/mol. The molecule has 0 radical (unpaired) electrons. The zero-order valence-corrected chi connectivity index (χ0v) is 15.7. The topological polar surface area (TPSA) is 90.9 Å². The summed E-state index contributed by atoms with van der Waals surface area (Å²) >= 11 is 0. The molecular formula is C20H16F6N4O. The summed E-state index contributed by atoms with van der Waals surface area (Å²) < 4.78 is 80.5. The maximum atomic E-state index is 13.6. The smallest absolute Gasteiger partial charge is 0.399 e. The molecule has 1 heterocycles. The molecule has 1 fully saturated rings. The Morgan fingerprint density at radius 2 is 1.74 bits per heavy atom. The van der Waals surface area contributed by atoms with Crippen LogP contribution < -0.4 is 16.4 Å². The van der Waals surface area contributed by atoms with Crippen LogP contribution >= 0.6 is 0 Å². The third kappa shape index (κ3) is 4.91. The van der Waals surface area contributed by atoms with Crippen molar-refractivity contribution in [1.82, 2.24) is 5.32 Å². The number of hydrogen-bond acceptors (Lipinski definition) is 4. The molecule has 0 saturated carbocycles. The molecule has 0 bridgehead atoms. The van der Waals surface area contributed by atoms with Crippen molar-refractivity contribution < 1.29 is 31.1 Å². The Hall–Kier alpha value is -3.26. The molecule has 3 rings (SSSR count). The van der Waals surface area contributed by atoms with Gasteiger partial charge in [-0.25, -0.2) is 0 Å². The SMILES string of the molecule is N#Cc1ccc(C2CC(C(=O)Nc3ccc(N)cc3)NC2C(F)(F)F)cc1C(F)(F)F. The fraction of sp³-hybridized carbons (Fsp3) is 0.300. The van der Waals surface area contributed by atoms with Crippen LogP contribution in [0.15, 0.2) is 42.5 Å². The van der Waals surface area contributed by atoms with Gasteiger partial charge in [-0.15, -0.1) is 0 Å². The molecule has 1 saturated heterocycles. The van der Waals surface area contributed by atoms with Crippen molar-refractivity contribution in [3.05, 3.63) is 59.2 Å². The number of amides is 1. The Labute approximate surface area is 172 Å². The molecule has 0 spiro atoms. The maximum absolute atomic E-state index is 13.6. The van der Waals surface area contributed by atoms with Crippen LogP contribution in [0.3, 0.4) is 0 Å². The first-order chi connectivity index (χ1) is 14.4. The Balaban J connectivity index is 1.90. The fourth-order valence-electron chi connectivity index (χ4n) is 3.55. The first-order valence-electron chi connectivity index (χ1n) is 9.00. The van der Waals surface area contributed by atoms with Gasteiger partial charge in [0.15, 0.2) is 0 Å². The van der Waals surface area contributed by atoms with E-state index in [1.807, 2.05) is 0 Å². The summed E-state index contributed by atoms with van der Waals surface area (Å²) in [5, 5.41) is 13.5. The zero-order valence-electron chi connectivity index (χ0n) is 15.7. The van der Waals surface area contributed by atoms with E-state index in [2.05, 4.69) is 10.6 Å². The lowest BCUT2D eigenvalue weighted by molar-refractivity contribution is -0.156. The van der Waals surface area contributed by atoms with E-state index in [1.165, 1.54) is 30.3 Å². The summed E-state index contributed by atoms with van der Waals surface area (Å²) in [4.78, 5) is 12.5. The Kier molecular flexibility index (Phi) is 5.87. The first kappa shape index (κ1) is 22.4. The molecule has 11 heteroatoms. The van der Waals surface area contributed by atoms with Crippen molar-refractivity contribution in [2.24, 2.45) is 0 Å². The van der Waals surface area contributed by atoms with Gasteiger partial charge in [-0.2, -0.15) is 31.6 Å². The Morgan fingerprint density at radius 3 is 2.29 bits per heavy atom. The number of hydrogen-bond donors (Lipinski definition) is 3. The third-order valence-electron chi connectivity index (χ3n) is 5.02. The molecule has 3 atom stereocenters. The minimum Gasteiger partial charge on any atom is -0.399 e. The van der Waals surface area contributed by atoms with Gasteiger partial charge in [-0.05, 0) is 48.4 Å². The first-order valence-corrected chi connectivity index (χ1v) is 9.00. The van der Waals surface area contributed by atoms with Gasteiger partial charge in [0, 0.05) is 17.3 Å². The standard InChI is InChI=1S/C20H16F6N4O/c21-19(22,23)15-7-10(1-2-11(15)9-27)14-8-16(30-17(14)20(24,25)26)18(31)29-13-5-3-12(28)4-6-13/h1-7,14,16-17,30H,8,28H2,(H,29,31). The van der Waals surface area contributed by atoms with E-state index >= 15 is 0 Å². The highest BCUT2D eigenvalue weighted by Crippen LogP contribution is 2.42. The van der Waals surface area contributed by atoms with Crippen LogP contribution in [-0.2, 0) is 11.0 Å². The summed E-state index contributed by atoms with van der Waals surface area (Å²) in [6.07, 6.45) is -10.1. The third-order valence-corrected chi connectivity index (χ3v) is 5.02. The fourth-order valence-corrected chi connectivity index (χ4v) is 3.55. The molecule has 4 N–H and O–H groups in total. The highest BCUT2D eigenvalue weighted by atomic mass is 19.4. The molecular weight excluding hydrogens is 426 g/mol. The van der Waals surface area contributed by atoms with Gasteiger partial charge in [-0.1, -0.05) is 6.07 Å². The molecule has 1 aliphatic heterocycles. The van der Waals surface area contributed by atoms with E-state index in [1.54, 1.807) is 0 Å². The van der Waals surface area contributed by atoms with E-state index in [4.69, 9.17) is 11.0 Å². The molecule has 31 heavy (non-hydrogen) atoms. The minimum atomic E-state index is -4.91. The number of carbonyl (C=O) groups is 1. The van der Waals surface area contributed by atoms with Crippen LogP contribution in [0, 0.1) is 11.3 Å². The lowest BCUT2D eigenvalue weighted by atomic mass is 9.88. The van der Waals surface area contributed by atoms with E-state index in [-0.39, 0.29) is 12.0 Å². The molecule has 0 aromatic heterocycles. The number of nitrogens with two attached hydrogens (primary N) is 1. The van der Waals surface area contributed by atoms with Crippen LogP contribution in [0.5, 0.6) is 0 Å². The number of benzene rings is 2. The summed E-state index contributed by atoms with van der Waals surface area (Å²) in [5.74, 6) is -2.21. The highest BCUT2D eigenvalue weighted by Gasteiger charge is 2.52. The number of rotatable bonds is 3. The van der Waals surface area contributed by atoms with Crippen LogP contribution in [0.25, 0.3) is 0 Å². The predicted octanol–water partition coefficient (Wildman–Crippen LogP) is 4.17. The lowest BCUT2D eigenvalue weighted by Crippen LogP contribution is -2.46. The van der Waals surface area contributed by atoms with Crippen molar-refractivity contribution in [1.29, 1.82) is 5.26 Å². The number of halogens is 6. The summed E-state index contributed by atoms with van der Waals surface area (Å²) in [5.41, 5.74) is 4.01. The van der Waals surface area contributed by atoms with Crippen molar-refractivity contribution in [2.75, 3.05) is 11.1 Å². The molecule has 2 aromatic rings. The van der Waals surface area contributed by atoms with Gasteiger partial charge in [-0.3, -0.25) is 10.1 Å². The van der Waals surface area contributed by atoms with E-state index in [9.17, 15) is 31.1 Å². The number of nitrogens with one attached hydrogen (secondary N) is 2. The summed E-state index contributed by atoms with van der Waals surface area (Å²) in [6, 6.07) is 6.23. The summed E-state index contributed by atoms with van der Waals surface area (Å²) in [7, 11) is 0. The quantitative estimate of drug-likeness (QED) is 0.492. The number of carbonyl (C=O) groups excluding carboxylic acids is 1. The van der Waals surface area contributed by atoms with Crippen LogP contribution in [0.4, 0.5) is 37.7 Å². The molecule has 1 aliphatic rings. The van der Waals surface area contributed by atoms with Crippen LogP contribution in [0.2, 0.25) is 0 Å². The second-order valence-electron chi connectivity index (χ2n) is 7.11. The molecule has 164 valence electrons. The van der Waals surface area contributed by atoms with Gasteiger partial charge in [0.2, 0.25) is 5.91 Å². The largest absolute Gasteiger partial charge is 0.417 e. The molecule has 5 nitrogen and oxygen atoms in total. The second kappa shape index (κ2) is 8.11. The number of nitriles is 1. The number of anilines is 2. The second-order valence-corrected chi connectivity index (χ2v) is 7.11. The average Bonchev–Trinajstić information content (AvgIpc) is 3.15. The van der Waals surface area contributed by atoms with Crippen molar-refractivity contribution in [3.8, 4) is 6.07 Å². The van der Waals surface area contributed by atoms with Gasteiger partial charge < -0.3 is 11.1 Å². The van der Waals surface area contributed by atoms with E-state index in [0.29, 0.717) is 17.4 Å². The normalized spacial score (nSPS) is 21.5. The van der Waals surface area contributed by atoms with Crippen LogP contribution in [-0.4, -0.2) is 24.2 Å². The van der Waals surface area contributed by atoms with Gasteiger partial charge in [0.05, 0.1) is 23.2 Å². The average molecular weight is 442 g/mol. The zero-order chi connectivity index (χ0) is 23.0. The highest BCUT2D eigenvalue weighted by molar-refractivity contribution is 5.95. The Morgan fingerprint density at radius 1 is 1.10 bits per heavy atom. The van der Waals surface area contributed by atoms with Crippen LogP contribution in [0.1, 0.15) is 29.0 Å². The van der Waals surface area contributed by atoms with Crippen molar-refractivity contribution in [2.45, 2.75) is 36.8 Å². The van der Waals surface area contributed by atoms with E-state index < -0.39 is 47.4 Å². The number of alkyl halides is 6. The Bertz CT molecular complexity index is 1010. The van der Waals surface area contributed by atoms with Gasteiger partial charge in [0.1, 0.15) is 6.04 Å². The minimum absolute atomic E-state index is 0.260. The molecule has 2 aromatic carbocycles. The molecule has 3 unspecified atom stereocenters. The number of nitrogens with zero attached hydrogens (tertiary/aromatic N) is 1. The monoisotopic (exact) mass is 442 g/mol. The summed E-state index contributed by atoms with van der Waals surface area (Å²) in [6.45, 7) is 0. The van der Waals surface area contributed by atoms with Crippen molar-refractivity contribution in [3.63, 3.8) is 0 Å². The lowest BCUT2D eigenvalue weighted by Gasteiger charge is -2.23.